The minimum Gasteiger partial charge on any atom is -0.496 e. The highest BCUT2D eigenvalue weighted by molar-refractivity contribution is 6.07. The first-order valence-electron chi connectivity index (χ1n) is 14.7. The summed E-state index contributed by atoms with van der Waals surface area (Å²) in [5, 5.41) is 0. The van der Waals surface area contributed by atoms with E-state index in [9.17, 15) is 4.79 Å². The van der Waals surface area contributed by atoms with Crippen LogP contribution in [0.2, 0.25) is 0 Å². The van der Waals surface area contributed by atoms with Crippen molar-refractivity contribution in [2.45, 2.75) is 110 Å². The van der Waals surface area contributed by atoms with Crippen molar-refractivity contribution in [3.8, 4) is 11.5 Å². The number of rotatable bonds is 21. The molecular formula is C34H50O3. The second-order valence-electron chi connectivity index (χ2n) is 10.2. The van der Waals surface area contributed by atoms with Crippen LogP contribution in [-0.4, -0.2) is 20.0 Å². The van der Waals surface area contributed by atoms with Gasteiger partial charge in [-0.3, -0.25) is 4.79 Å². The first-order valence-corrected chi connectivity index (χ1v) is 14.7. The van der Waals surface area contributed by atoms with E-state index in [2.05, 4.69) is 19.1 Å². The molecule has 0 aliphatic rings. The Morgan fingerprint density at radius 3 is 1.59 bits per heavy atom. The van der Waals surface area contributed by atoms with Gasteiger partial charge < -0.3 is 9.47 Å². The van der Waals surface area contributed by atoms with E-state index in [1.54, 1.807) is 26.4 Å². The maximum atomic E-state index is 12.5. The Balaban J connectivity index is 1.66. The maximum Gasteiger partial charge on any atom is 0.185 e. The highest BCUT2D eigenvalue weighted by Gasteiger charge is 2.11. The lowest BCUT2D eigenvalue weighted by Crippen LogP contribution is -1.98. The standard InChI is InChI=1S/C34H50O3/c1-4-5-6-7-8-9-10-11-12-13-14-15-16-17-19-22-29-27-33(36-2)31(34(28-29)37-3)25-26-32(35)30-23-20-18-21-24-30/h18,20-21,23-28H,4-17,19,22H2,1-3H3. The monoisotopic (exact) mass is 506 g/mol. The summed E-state index contributed by atoms with van der Waals surface area (Å²) in [5.41, 5.74) is 2.69. The Morgan fingerprint density at radius 1 is 0.676 bits per heavy atom. The van der Waals surface area contributed by atoms with Crippen LogP contribution in [0.4, 0.5) is 0 Å². The van der Waals surface area contributed by atoms with Crippen molar-refractivity contribution in [2.24, 2.45) is 0 Å². The minimum atomic E-state index is -0.0356. The van der Waals surface area contributed by atoms with Crippen LogP contribution in [0, 0.1) is 0 Å². The highest BCUT2D eigenvalue weighted by Crippen LogP contribution is 2.32. The predicted molar refractivity (Wildman–Crippen MR) is 158 cm³/mol. The summed E-state index contributed by atoms with van der Waals surface area (Å²) < 4.78 is 11.3. The smallest absolute Gasteiger partial charge is 0.185 e. The van der Waals surface area contributed by atoms with Crippen molar-refractivity contribution >= 4 is 11.9 Å². The number of hydrogen-bond donors (Lipinski definition) is 0. The van der Waals surface area contributed by atoms with Crippen LogP contribution >= 0.6 is 0 Å². The molecule has 0 saturated carbocycles. The van der Waals surface area contributed by atoms with Gasteiger partial charge in [-0.25, -0.2) is 0 Å². The molecule has 3 heteroatoms. The number of methoxy groups -OCH3 is 2. The van der Waals surface area contributed by atoms with Gasteiger partial charge in [0.05, 0.1) is 19.8 Å². The molecule has 0 amide bonds. The van der Waals surface area contributed by atoms with Crippen molar-refractivity contribution < 1.29 is 14.3 Å². The molecule has 0 bridgehead atoms. The van der Waals surface area contributed by atoms with Crippen molar-refractivity contribution in [2.75, 3.05) is 14.2 Å². The molecule has 37 heavy (non-hydrogen) atoms. The fraction of sp³-hybridized carbons (Fsp3) is 0.559. The molecule has 204 valence electrons. The number of hydrogen-bond acceptors (Lipinski definition) is 3. The van der Waals surface area contributed by atoms with E-state index < -0.39 is 0 Å². The van der Waals surface area contributed by atoms with E-state index in [4.69, 9.17) is 9.47 Å². The molecule has 0 fully saturated rings. The molecule has 0 saturated heterocycles. The molecule has 2 aromatic carbocycles. The normalized spacial score (nSPS) is 11.2. The van der Waals surface area contributed by atoms with Gasteiger partial charge in [0, 0.05) is 5.56 Å². The maximum absolute atomic E-state index is 12.5. The van der Waals surface area contributed by atoms with Gasteiger partial charge >= 0.3 is 0 Å². The van der Waals surface area contributed by atoms with E-state index >= 15 is 0 Å². The van der Waals surface area contributed by atoms with Crippen LogP contribution < -0.4 is 9.47 Å². The zero-order valence-corrected chi connectivity index (χ0v) is 23.7. The molecule has 0 aliphatic heterocycles. The van der Waals surface area contributed by atoms with Crippen LogP contribution in [0.3, 0.4) is 0 Å². The van der Waals surface area contributed by atoms with Crippen molar-refractivity contribution in [1.82, 2.24) is 0 Å². The summed E-state index contributed by atoms with van der Waals surface area (Å²) >= 11 is 0. The summed E-state index contributed by atoms with van der Waals surface area (Å²) in [6.07, 6.45) is 25.0. The molecule has 2 aromatic rings. The quantitative estimate of drug-likeness (QED) is 0.0959. The van der Waals surface area contributed by atoms with Gasteiger partial charge in [0.15, 0.2) is 5.78 Å². The Labute approximate surface area is 226 Å². The Bertz CT molecular complexity index is 876. The fourth-order valence-electron chi connectivity index (χ4n) is 4.86. The van der Waals surface area contributed by atoms with E-state index in [1.807, 2.05) is 30.3 Å². The zero-order valence-electron chi connectivity index (χ0n) is 23.7. The Morgan fingerprint density at radius 2 is 1.14 bits per heavy atom. The third kappa shape index (κ3) is 12.5. The van der Waals surface area contributed by atoms with Gasteiger partial charge in [-0.05, 0) is 42.7 Å². The third-order valence-electron chi connectivity index (χ3n) is 7.13. The van der Waals surface area contributed by atoms with Crippen LogP contribution in [0.5, 0.6) is 11.5 Å². The largest absolute Gasteiger partial charge is 0.496 e. The van der Waals surface area contributed by atoms with Crippen LogP contribution in [0.15, 0.2) is 48.5 Å². The summed E-state index contributed by atoms with van der Waals surface area (Å²) in [4.78, 5) is 12.5. The number of unbranched alkanes of at least 4 members (excludes halogenated alkanes) is 14. The molecule has 3 nitrogen and oxygen atoms in total. The second kappa shape index (κ2) is 19.5. The van der Waals surface area contributed by atoms with Crippen LogP contribution in [0.25, 0.3) is 6.08 Å². The summed E-state index contributed by atoms with van der Waals surface area (Å²) in [6.45, 7) is 2.28. The fourth-order valence-corrected chi connectivity index (χ4v) is 4.86. The first kappa shape index (κ1) is 30.7. The number of carbonyl (C=O) groups excluding carboxylic acids is 1. The number of aryl methyl sites for hydroxylation is 1. The highest BCUT2D eigenvalue weighted by atomic mass is 16.5. The second-order valence-corrected chi connectivity index (χ2v) is 10.2. The first-order chi connectivity index (χ1) is 18.2. The SMILES string of the molecule is CCCCCCCCCCCCCCCCCc1cc(OC)c(C=CC(=O)c2ccccc2)c(OC)c1. The number of ketones is 1. The lowest BCUT2D eigenvalue weighted by molar-refractivity contribution is 0.104. The van der Waals surface area contributed by atoms with Crippen LogP contribution in [-0.2, 0) is 6.42 Å². The van der Waals surface area contributed by atoms with Crippen molar-refractivity contribution in [3.05, 3.63) is 65.2 Å². The van der Waals surface area contributed by atoms with Crippen molar-refractivity contribution in [1.29, 1.82) is 0 Å². The van der Waals surface area contributed by atoms with E-state index in [0.717, 1.165) is 23.5 Å². The molecule has 0 spiro atoms. The van der Waals surface area contributed by atoms with E-state index in [-0.39, 0.29) is 5.78 Å². The number of carbonyl (C=O) groups is 1. The average Bonchev–Trinajstić information content (AvgIpc) is 2.94. The van der Waals surface area contributed by atoms with Gasteiger partial charge in [0.1, 0.15) is 11.5 Å². The number of allylic oxidation sites excluding steroid dienone is 1. The summed E-state index contributed by atoms with van der Waals surface area (Å²) in [7, 11) is 3.34. The van der Waals surface area contributed by atoms with Gasteiger partial charge in [-0.2, -0.15) is 0 Å². The molecule has 0 atom stereocenters. The Kier molecular flexibility index (Phi) is 16.2. The number of ether oxygens (including phenoxy) is 2. The molecule has 0 unspecified atom stereocenters. The van der Waals surface area contributed by atoms with Gasteiger partial charge in [-0.1, -0.05) is 127 Å². The lowest BCUT2D eigenvalue weighted by atomic mass is 10.0. The van der Waals surface area contributed by atoms with Gasteiger partial charge in [-0.15, -0.1) is 0 Å². The molecule has 0 heterocycles. The van der Waals surface area contributed by atoms with Crippen LogP contribution in [0.1, 0.15) is 125 Å². The molecular weight excluding hydrogens is 456 g/mol. The average molecular weight is 507 g/mol. The molecule has 2 rings (SSSR count). The molecule has 0 radical (unpaired) electrons. The minimum absolute atomic E-state index is 0.0356. The van der Waals surface area contributed by atoms with Gasteiger partial charge in [0.2, 0.25) is 0 Å². The summed E-state index contributed by atoms with van der Waals surface area (Å²) in [5.74, 6) is 1.45. The summed E-state index contributed by atoms with van der Waals surface area (Å²) in [6, 6.07) is 13.5. The van der Waals surface area contributed by atoms with E-state index in [1.165, 1.54) is 102 Å². The zero-order chi connectivity index (χ0) is 26.6. The molecule has 0 aliphatic carbocycles. The Hall–Kier alpha value is -2.55. The van der Waals surface area contributed by atoms with E-state index in [0.29, 0.717) is 5.56 Å². The molecule has 0 aromatic heterocycles. The van der Waals surface area contributed by atoms with Gasteiger partial charge in [0.25, 0.3) is 0 Å². The number of benzene rings is 2. The van der Waals surface area contributed by atoms with Crippen molar-refractivity contribution in [3.63, 3.8) is 0 Å². The predicted octanol–water partition coefficient (Wildman–Crippen LogP) is 10.0. The topological polar surface area (TPSA) is 35.5 Å². The lowest BCUT2D eigenvalue weighted by Gasteiger charge is -2.13. The molecule has 0 N–H and O–H groups in total. The third-order valence-corrected chi connectivity index (χ3v) is 7.13.